The molecule has 5 nitrogen and oxygen atoms in total. The first-order valence-electron chi connectivity index (χ1n) is 6.19. The molecular weight excluding hydrogens is 228 g/mol. The van der Waals surface area contributed by atoms with Crippen LogP contribution in [-0.2, 0) is 0 Å². The summed E-state index contributed by atoms with van der Waals surface area (Å²) < 4.78 is 0. The molecule has 1 atom stereocenters. The van der Waals surface area contributed by atoms with Gasteiger partial charge in [0.2, 0.25) is 0 Å². The van der Waals surface area contributed by atoms with E-state index in [9.17, 15) is 4.79 Å². The maximum atomic E-state index is 12.1. The second-order valence-corrected chi connectivity index (χ2v) is 4.98. The maximum Gasteiger partial charge on any atom is 0.272 e. The normalized spacial score (nSPS) is 16.7. The minimum absolute atomic E-state index is 0.133. The van der Waals surface area contributed by atoms with E-state index in [1.807, 2.05) is 13.0 Å². The number of nitrogens with one attached hydrogen (secondary N) is 2. The van der Waals surface area contributed by atoms with E-state index in [0.29, 0.717) is 17.3 Å². The van der Waals surface area contributed by atoms with Crippen LogP contribution in [0.3, 0.4) is 0 Å². The number of nitrogens with two attached hydrogens (primary N) is 1. The van der Waals surface area contributed by atoms with Crippen LogP contribution in [0, 0.1) is 5.92 Å². The Morgan fingerprint density at radius 2 is 2.33 bits per heavy atom. The molecule has 5 heteroatoms. The molecule has 1 fully saturated rings. The number of aromatic amines is 1. The molecule has 94 valence electrons. The highest BCUT2D eigenvalue weighted by molar-refractivity contribution is 6.05. The molecule has 1 aliphatic carbocycles. The highest BCUT2D eigenvalue weighted by Crippen LogP contribution is 2.32. The van der Waals surface area contributed by atoms with Crippen molar-refractivity contribution in [2.24, 2.45) is 5.92 Å². The first-order valence-corrected chi connectivity index (χ1v) is 6.19. The number of hydrogen-bond acceptors (Lipinski definition) is 3. The molecule has 0 bridgehead atoms. The van der Waals surface area contributed by atoms with Crippen LogP contribution in [0.25, 0.3) is 10.9 Å². The zero-order valence-corrected chi connectivity index (χ0v) is 10.2. The van der Waals surface area contributed by atoms with Crippen molar-refractivity contribution in [3.05, 3.63) is 23.9 Å². The molecule has 0 aliphatic heterocycles. The summed E-state index contributed by atoms with van der Waals surface area (Å²) in [5, 5.41) is 10.7. The molecule has 18 heavy (non-hydrogen) atoms. The fourth-order valence-corrected chi connectivity index (χ4v) is 2.19. The van der Waals surface area contributed by atoms with E-state index >= 15 is 0 Å². The van der Waals surface area contributed by atoms with Gasteiger partial charge in [0.25, 0.3) is 5.91 Å². The van der Waals surface area contributed by atoms with E-state index < -0.39 is 0 Å². The zero-order chi connectivity index (χ0) is 12.7. The molecule has 0 radical (unpaired) electrons. The van der Waals surface area contributed by atoms with E-state index in [4.69, 9.17) is 5.73 Å². The molecule has 1 amide bonds. The first kappa shape index (κ1) is 11.1. The van der Waals surface area contributed by atoms with Gasteiger partial charge in [0.1, 0.15) is 0 Å². The molecule has 1 heterocycles. The monoisotopic (exact) mass is 244 g/mol. The number of nitrogens with zero attached hydrogens (tertiary/aromatic N) is 1. The topological polar surface area (TPSA) is 83.8 Å². The largest absolute Gasteiger partial charge is 0.399 e. The molecule has 1 saturated carbocycles. The lowest BCUT2D eigenvalue weighted by Crippen LogP contribution is -2.34. The van der Waals surface area contributed by atoms with Crippen molar-refractivity contribution in [1.29, 1.82) is 0 Å². The number of anilines is 1. The van der Waals surface area contributed by atoms with Crippen molar-refractivity contribution in [2.45, 2.75) is 25.8 Å². The van der Waals surface area contributed by atoms with Crippen molar-refractivity contribution < 1.29 is 4.79 Å². The van der Waals surface area contributed by atoms with Crippen LogP contribution in [0.5, 0.6) is 0 Å². The van der Waals surface area contributed by atoms with E-state index in [0.717, 1.165) is 10.9 Å². The number of carbonyl (C=O) groups is 1. The predicted molar refractivity (Wildman–Crippen MR) is 70.2 cm³/mol. The third-order valence-corrected chi connectivity index (χ3v) is 3.49. The second-order valence-electron chi connectivity index (χ2n) is 4.98. The number of H-pyrrole nitrogens is 1. The smallest absolute Gasteiger partial charge is 0.272 e. The van der Waals surface area contributed by atoms with E-state index in [2.05, 4.69) is 15.5 Å². The Balaban J connectivity index is 1.88. The Labute approximate surface area is 105 Å². The van der Waals surface area contributed by atoms with Gasteiger partial charge < -0.3 is 11.1 Å². The molecule has 4 N–H and O–H groups in total. The molecule has 0 spiro atoms. The van der Waals surface area contributed by atoms with Gasteiger partial charge in [-0.2, -0.15) is 5.10 Å². The fourth-order valence-electron chi connectivity index (χ4n) is 2.19. The van der Waals surface area contributed by atoms with Gasteiger partial charge in [0, 0.05) is 17.1 Å². The number of amides is 1. The summed E-state index contributed by atoms with van der Waals surface area (Å²) >= 11 is 0. The van der Waals surface area contributed by atoms with Gasteiger partial charge >= 0.3 is 0 Å². The maximum absolute atomic E-state index is 12.1. The van der Waals surface area contributed by atoms with Crippen molar-refractivity contribution in [1.82, 2.24) is 15.5 Å². The van der Waals surface area contributed by atoms with E-state index in [-0.39, 0.29) is 11.9 Å². The number of fused-ring (bicyclic) bond motifs is 1. The molecule has 1 aliphatic rings. The summed E-state index contributed by atoms with van der Waals surface area (Å²) in [6.45, 7) is 2.04. The highest BCUT2D eigenvalue weighted by Gasteiger charge is 2.29. The molecular formula is C13H16N4O. The molecule has 2 aromatic rings. The summed E-state index contributed by atoms with van der Waals surface area (Å²) in [5.41, 5.74) is 7.62. The first-order chi connectivity index (χ1) is 8.65. The SMILES string of the molecule is CC(NC(=O)c1n[nH]c2ccc(N)cc12)C1CC1. The predicted octanol–water partition coefficient (Wildman–Crippen LogP) is 1.67. The minimum atomic E-state index is -0.133. The number of carbonyl (C=O) groups excluding carboxylic acids is 1. The number of hydrogen-bond donors (Lipinski definition) is 3. The summed E-state index contributed by atoms with van der Waals surface area (Å²) in [6, 6.07) is 5.61. The second kappa shape index (κ2) is 4.01. The van der Waals surface area contributed by atoms with Gasteiger partial charge in [-0.3, -0.25) is 9.89 Å². The third kappa shape index (κ3) is 1.92. The number of nitrogen functional groups attached to an aromatic ring is 1. The van der Waals surface area contributed by atoms with Gasteiger partial charge in [-0.25, -0.2) is 0 Å². The standard InChI is InChI=1S/C13H16N4O/c1-7(8-2-3-8)15-13(18)12-10-6-9(14)4-5-11(10)16-17-12/h4-8H,2-3,14H2,1H3,(H,15,18)(H,16,17). The van der Waals surface area contributed by atoms with Crippen LogP contribution in [0.4, 0.5) is 5.69 Å². The van der Waals surface area contributed by atoms with Crippen LogP contribution in [0.15, 0.2) is 18.2 Å². The average molecular weight is 244 g/mol. The highest BCUT2D eigenvalue weighted by atomic mass is 16.2. The number of rotatable bonds is 3. The Bertz CT molecular complexity index is 600. The van der Waals surface area contributed by atoms with Gasteiger partial charge in [-0.15, -0.1) is 0 Å². The zero-order valence-electron chi connectivity index (χ0n) is 10.2. The van der Waals surface area contributed by atoms with Gasteiger partial charge in [0.05, 0.1) is 5.52 Å². The van der Waals surface area contributed by atoms with Crippen LogP contribution in [0.2, 0.25) is 0 Å². The number of benzene rings is 1. The molecule has 1 unspecified atom stereocenters. The van der Waals surface area contributed by atoms with Crippen molar-refractivity contribution in [2.75, 3.05) is 5.73 Å². The van der Waals surface area contributed by atoms with Crippen LogP contribution in [-0.4, -0.2) is 22.1 Å². The van der Waals surface area contributed by atoms with Crippen molar-refractivity contribution >= 4 is 22.5 Å². The Kier molecular flexibility index (Phi) is 2.47. The van der Waals surface area contributed by atoms with Crippen LogP contribution in [0.1, 0.15) is 30.3 Å². The van der Waals surface area contributed by atoms with Crippen LogP contribution < -0.4 is 11.1 Å². The third-order valence-electron chi connectivity index (χ3n) is 3.49. The number of aromatic nitrogens is 2. The lowest BCUT2D eigenvalue weighted by molar-refractivity contribution is 0.0932. The van der Waals surface area contributed by atoms with Crippen molar-refractivity contribution in [3.63, 3.8) is 0 Å². The van der Waals surface area contributed by atoms with E-state index in [1.165, 1.54) is 12.8 Å². The summed E-state index contributed by atoms with van der Waals surface area (Å²) in [4.78, 5) is 12.1. The van der Waals surface area contributed by atoms with Gasteiger partial charge in [-0.1, -0.05) is 0 Å². The molecule has 1 aromatic heterocycles. The summed E-state index contributed by atoms with van der Waals surface area (Å²) in [6.07, 6.45) is 2.41. The lowest BCUT2D eigenvalue weighted by atomic mass is 10.1. The Morgan fingerprint density at radius 1 is 1.56 bits per heavy atom. The molecule has 0 saturated heterocycles. The van der Waals surface area contributed by atoms with Gasteiger partial charge in [0.15, 0.2) is 5.69 Å². The van der Waals surface area contributed by atoms with Crippen LogP contribution >= 0.6 is 0 Å². The lowest BCUT2D eigenvalue weighted by Gasteiger charge is -2.11. The summed E-state index contributed by atoms with van der Waals surface area (Å²) in [5.74, 6) is 0.496. The quantitative estimate of drug-likeness (QED) is 0.718. The molecule has 1 aromatic carbocycles. The molecule has 3 rings (SSSR count). The average Bonchev–Trinajstić information content (AvgIpc) is 3.10. The Morgan fingerprint density at radius 3 is 3.06 bits per heavy atom. The fraction of sp³-hybridized carbons (Fsp3) is 0.385. The summed E-state index contributed by atoms with van der Waals surface area (Å²) in [7, 11) is 0. The minimum Gasteiger partial charge on any atom is -0.399 e. The van der Waals surface area contributed by atoms with Crippen molar-refractivity contribution in [3.8, 4) is 0 Å². The Hall–Kier alpha value is -2.04. The van der Waals surface area contributed by atoms with E-state index in [1.54, 1.807) is 12.1 Å². The van der Waals surface area contributed by atoms with Gasteiger partial charge in [-0.05, 0) is 43.9 Å².